The van der Waals surface area contributed by atoms with E-state index in [1.165, 1.54) is 31.0 Å². The summed E-state index contributed by atoms with van der Waals surface area (Å²) < 4.78 is 0. The van der Waals surface area contributed by atoms with Gasteiger partial charge in [0.15, 0.2) is 5.16 Å². The van der Waals surface area contributed by atoms with Crippen molar-refractivity contribution < 1.29 is 9.59 Å². The van der Waals surface area contributed by atoms with Gasteiger partial charge in [0, 0.05) is 50.9 Å². The molecular formula is C22H36ClN7O2S. The summed E-state index contributed by atoms with van der Waals surface area (Å²) in [4.78, 5) is 39.9. The number of nitrogens with zero attached hydrogens (tertiary/aromatic N) is 5. The van der Waals surface area contributed by atoms with Gasteiger partial charge in [-0.05, 0) is 46.7 Å². The first kappa shape index (κ1) is 25.8. The van der Waals surface area contributed by atoms with Gasteiger partial charge >= 0.3 is 6.03 Å². The Morgan fingerprint density at radius 1 is 1.18 bits per heavy atom. The van der Waals surface area contributed by atoms with E-state index in [0.29, 0.717) is 36.5 Å². The first-order chi connectivity index (χ1) is 15.8. The second-order valence-electron chi connectivity index (χ2n) is 8.96. The topological polar surface area (TPSA) is 93.7 Å². The number of nitrogens with one attached hydrogen (secondary N) is 2. The van der Waals surface area contributed by atoms with Crippen LogP contribution >= 0.6 is 23.4 Å². The van der Waals surface area contributed by atoms with Crippen molar-refractivity contribution in [3.63, 3.8) is 0 Å². The third-order valence-corrected chi connectivity index (χ3v) is 6.86. The van der Waals surface area contributed by atoms with Gasteiger partial charge in [-0.1, -0.05) is 29.8 Å². The molecule has 2 N–H and O–H groups in total. The Balaban J connectivity index is 1.48. The summed E-state index contributed by atoms with van der Waals surface area (Å²) in [5, 5.41) is 6.77. The Morgan fingerprint density at radius 3 is 2.64 bits per heavy atom. The molecular weight excluding hydrogens is 462 g/mol. The van der Waals surface area contributed by atoms with Gasteiger partial charge in [0.2, 0.25) is 5.91 Å². The lowest BCUT2D eigenvalue weighted by atomic mass is 10.1. The predicted molar refractivity (Wildman–Crippen MR) is 133 cm³/mol. The molecule has 0 spiro atoms. The number of aromatic nitrogens is 2. The average Bonchev–Trinajstić information content (AvgIpc) is 2.77. The number of carbonyl (C=O) groups excluding carboxylic acids is 2. The highest BCUT2D eigenvalue weighted by molar-refractivity contribution is 7.99. The van der Waals surface area contributed by atoms with E-state index in [9.17, 15) is 9.59 Å². The molecule has 11 heteroatoms. The smallest absolute Gasteiger partial charge is 0.317 e. The molecule has 2 aliphatic heterocycles. The third kappa shape index (κ3) is 8.19. The Kier molecular flexibility index (Phi) is 9.88. The maximum absolute atomic E-state index is 12.4. The number of thioether (sulfide) groups is 1. The summed E-state index contributed by atoms with van der Waals surface area (Å²) in [6.45, 7) is 11.7. The number of urea groups is 1. The van der Waals surface area contributed by atoms with Crippen LogP contribution in [0.3, 0.4) is 0 Å². The molecule has 1 aromatic heterocycles. The Morgan fingerprint density at radius 2 is 1.94 bits per heavy atom. The van der Waals surface area contributed by atoms with Crippen molar-refractivity contribution in [1.82, 2.24) is 30.4 Å². The predicted octanol–water partition coefficient (Wildman–Crippen LogP) is 2.45. The van der Waals surface area contributed by atoms with Gasteiger partial charge in [0.05, 0.1) is 5.75 Å². The molecule has 33 heavy (non-hydrogen) atoms. The largest absolute Gasteiger partial charge is 0.354 e. The van der Waals surface area contributed by atoms with E-state index >= 15 is 0 Å². The molecule has 184 valence electrons. The SMILES string of the molecule is CC(C)NC(=O)N1CCN(c2cc(Cl)nc(SCC(=O)NCCN3CCCCC3)n2)CC1C. The standard InChI is InChI=1S/C22H36ClN7O2S/c1-16(2)25-22(32)30-12-11-29(14-17(30)3)19-13-18(23)26-21(27-19)33-15-20(31)24-7-10-28-8-5-4-6-9-28/h13,16-17H,4-12,14-15H2,1-3H3,(H,24,31)(H,25,32). The summed E-state index contributed by atoms with van der Waals surface area (Å²) in [5.74, 6) is 0.943. The van der Waals surface area contributed by atoms with Crippen molar-refractivity contribution in [2.75, 3.05) is 56.5 Å². The Hall–Kier alpha value is -1.78. The molecule has 3 heterocycles. The van der Waals surface area contributed by atoms with Crippen molar-refractivity contribution in [2.45, 2.75) is 57.3 Å². The molecule has 0 saturated carbocycles. The molecule has 2 fully saturated rings. The van der Waals surface area contributed by atoms with E-state index in [-0.39, 0.29) is 29.8 Å². The number of carbonyl (C=O) groups is 2. The average molecular weight is 498 g/mol. The second kappa shape index (κ2) is 12.6. The maximum atomic E-state index is 12.4. The zero-order valence-electron chi connectivity index (χ0n) is 19.8. The zero-order chi connectivity index (χ0) is 23.8. The minimum Gasteiger partial charge on any atom is -0.354 e. The van der Waals surface area contributed by atoms with Gasteiger partial charge in [-0.15, -0.1) is 0 Å². The first-order valence-electron chi connectivity index (χ1n) is 11.8. The van der Waals surface area contributed by atoms with Crippen molar-refractivity contribution in [1.29, 1.82) is 0 Å². The fraction of sp³-hybridized carbons (Fsp3) is 0.727. The third-order valence-electron chi connectivity index (χ3n) is 5.82. The van der Waals surface area contributed by atoms with Crippen LogP contribution in [0.2, 0.25) is 5.15 Å². The van der Waals surface area contributed by atoms with Gasteiger partial charge in [0.25, 0.3) is 0 Å². The maximum Gasteiger partial charge on any atom is 0.317 e. The number of anilines is 1. The Labute approximate surface area is 206 Å². The highest BCUT2D eigenvalue weighted by Gasteiger charge is 2.28. The van der Waals surface area contributed by atoms with Crippen molar-refractivity contribution in [3.8, 4) is 0 Å². The molecule has 0 radical (unpaired) electrons. The minimum atomic E-state index is -0.0413. The Bertz CT molecular complexity index is 807. The van der Waals surface area contributed by atoms with Gasteiger partial charge in [-0.2, -0.15) is 0 Å². The van der Waals surface area contributed by atoms with Crippen LogP contribution in [0.15, 0.2) is 11.2 Å². The lowest BCUT2D eigenvalue weighted by Crippen LogP contribution is -2.57. The van der Waals surface area contributed by atoms with E-state index in [4.69, 9.17) is 11.6 Å². The number of likely N-dealkylation sites (tertiary alicyclic amines) is 1. The number of amides is 3. The lowest BCUT2D eigenvalue weighted by Gasteiger charge is -2.40. The summed E-state index contributed by atoms with van der Waals surface area (Å²) in [7, 11) is 0. The molecule has 0 aromatic carbocycles. The van der Waals surface area contributed by atoms with Crippen LogP contribution in [0.1, 0.15) is 40.0 Å². The highest BCUT2D eigenvalue weighted by atomic mass is 35.5. The highest BCUT2D eigenvalue weighted by Crippen LogP contribution is 2.24. The van der Waals surface area contributed by atoms with E-state index < -0.39 is 0 Å². The zero-order valence-corrected chi connectivity index (χ0v) is 21.4. The van der Waals surface area contributed by atoms with Gasteiger partial charge in [-0.3, -0.25) is 4.79 Å². The molecule has 3 rings (SSSR count). The van der Waals surface area contributed by atoms with Crippen LogP contribution in [0.5, 0.6) is 0 Å². The van der Waals surface area contributed by atoms with Crippen molar-refractivity contribution in [2.24, 2.45) is 0 Å². The minimum absolute atomic E-state index is 0.0273. The molecule has 1 atom stereocenters. The number of rotatable bonds is 8. The molecule has 2 saturated heterocycles. The van der Waals surface area contributed by atoms with Crippen LogP contribution in [0.25, 0.3) is 0 Å². The fourth-order valence-electron chi connectivity index (χ4n) is 4.13. The van der Waals surface area contributed by atoms with E-state index in [1.54, 1.807) is 6.07 Å². The molecule has 0 aliphatic carbocycles. The van der Waals surface area contributed by atoms with Crippen LogP contribution < -0.4 is 15.5 Å². The van der Waals surface area contributed by atoms with E-state index in [1.807, 2.05) is 25.7 Å². The van der Waals surface area contributed by atoms with Gasteiger partial charge < -0.3 is 25.3 Å². The molecule has 1 unspecified atom stereocenters. The van der Waals surface area contributed by atoms with Crippen LogP contribution in [0.4, 0.5) is 10.6 Å². The monoisotopic (exact) mass is 497 g/mol. The number of halogens is 1. The van der Waals surface area contributed by atoms with Gasteiger partial charge in [0.1, 0.15) is 11.0 Å². The number of hydrogen-bond donors (Lipinski definition) is 2. The van der Waals surface area contributed by atoms with Crippen molar-refractivity contribution >= 4 is 41.1 Å². The van der Waals surface area contributed by atoms with Crippen LogP contribution in [-0.4, -0.2) is 95.4 Å². The molecule has 3 amide bonds. The fourth-order valence-corrected chi connectivity index (χ4v) is 5.04. The first-order valence-corrected chi connectivity index (χ1v) is 13.2. The molecule has 1 aromatic rings. The number of hydrogen-bond acceptors (Lipinski definition) is 7. The summed E-state index contributed by atoms with van der Waals surface area (Å²) in [6.07, 6.45) is 3.80. The quantitative estimate of drug-likeness (QED) is 0.323. The normalized spacial score (nSPS) is 19.6. The molecule has 9 nitrogen and oxygen atoms in total. The second-order valence-corrected chi connectivity index (χ2v) is 10.3. The van der Waals surface area contributed by atoms with E-state index in [2.05, 4.69) is 30.4 Å². The number of piperazine rings is 1. The lowest BCUT2D eigenvalue weighted by molar-refractivity contribution is -0.118. The molecule has 2 aliphatic rings. The number of piperidine rings is 1. The summed E-state index contributed by atoms with van der Waals surface area (Å²) in [5.41, 5.74) is 0. The summed E-state index contributed by atoms with van der Waals surface area (Å²) >= 11 is 7.54. The van der Waals surface area contributed by atoms with Crippen LogP contribution in [-0.2, 0) is 4.79 Å². The van der Waals surface area contributed by atoms with Crippen molar-refractivity contribution in [3.05, 3.63) is 11.2 Å². The summed E-state index contributed by atoms with van der Waals surface area (Å²) in [6, 6.07) is 1.83. The van der Waals surface area contributed by atoms with Crippen LogP contribution in [0, 0.1) is 0 Å². The van der Waals surface area contributed by atoms with Gasteiger partial charge in [-0.25, -0.2) is 14.8 Å². The van der Waals surface area contributed by atoms with E-state index in [0.717, 1.165) is 25.5 Å². The molecule has 0 bridgehead atoms.